The summed E-state index contributed by atoms with van der Waals surface area (Å²) in [5.74, 6) is -0.981. The molecule has 1 fully saturated rings. The summed E-state index contributed by atoms with van der Waals surface area (Å²) in [6.07, 6.45) is 1.24. The minimum absolute atomic E-state index is 0.0286. The maximum Gasteiger partial charge on any atom is 0.335 e. The van der Waals surface area contributed by atoms with Crippen molar-refractivity contribution in [2.45, 2.75) is 52.0 Å². The van der Waals surface area contributed by atoms with E-state index < -0.39 is 5.97 Å². The van der Waals surface area contributed by atoms with Gasteiger partial charge in [-0.05, 0) is 44.9 Å². The zero-order chi connectivity index (χ0) is 17.7. The highest BCUT2D eigenvalue weighted by Crippen LogP contribution is 2.14. The van der Waals surface area contributed by atoms with E-state index in [4.69, 9.17) is 9.84 Å². The maximum absolute atomic E-state index is 12.4. The first-order valence-electron chi connectivity index (χ1n) is 8.36. The van der Waals surface area contributed by atoms with Gasteiger partial charge in [0.05, 0.1) is 23.8 Å². The number of amides is 1. The van der Waals surface area contributed by atoms with Gasteiger partial charge in [0, 0.05) is 19.6 Å². The number of carboxylic acids is 1. The van der Waals surface area contributed by atoms with Crippen LogP contribution >= 0.6 is 0 Å². The second-order valence-electron chi connectivity index (χ2n) is 6.44. The Morgan fingerprint density at radius 1 is 1.29 bits per heavy atom. The van der Waals surface area contributed by atoms with Gasteiger partial charge < -0.3 is 15.2 Å². The molecule has 1 aromatic rings. The van der Waals surface area contributed by atoms with Crippen molar-refractivity contribution in [1.82, 2.24) is 10.2 Å². The zero-order valence-electron chi connectivity index (χ0n) is 14.5. The number of carboxylic acid groups (broad SMARTS) is 1. The van der Waals surface area contributed by atoms with Crippen molar-refractivity contribution in [2.75, 3.05) is 13.1 Å². The minimum Gasteiger partial charge on any atom is -0.478 e. The summed E-state index contributed by atoms with van der Waals surface area (Å²) in [6, 6.07) is 6.31. The molecule has 6 heteroatoms. The Balaban J connectivity index is 1.88. The lowest BCUT2D eigenvalue weighted by atomic mass is 10.1. The van der Waals surface area contributed by atoms with Crippen LogP contribution in [0.3, 0.4) is 0 Å². The van der Waals surface area contributed by atoms with E-state index in [9.17, 15) is 9.59 Å². The van der Waals surface area contributed by atoms with E-state index in [1.807, 2.05) is 13.8 Å². The van der Waals surface area contributed by atoms with E-state index >= 15 is 0 Å². The van der Waals surface area contributed by atoms with Crippen molar-refractivity contribution >= 4 is 11.9 Å². The Morgan fingerprint density at radius 3 is 2.58 bits per heavy atom. The Morgan fingerprint density at radius 2 is 1.96 bits per heavy atom. The van der Waals surface area contributed by atoms with Crippen molar-refractivity contribution < 1.29 is 19.4 Å². The number of aromatic carboxylic acids is 1. The number of nitrogens with zero attached hydrogens (tertiary/aromatic N) is 1. The average Bonchev–Trinajstić information content (AvgIpc) is 2.72. The second-order valence-corrected chi connectivity index (χ2v) is 6.44. The molecule has 1 aromatic carbocycles. The van der Waals surface area contributed by atoms with E-state index in [2.05, 4.69) is 17.1 Å². The number of nitrogens with one attached hydrogen (secondary N) is 1. The van der Waals surface area contributed by atoms with Gasteiger partial charge in [-0.3, -0.25) is 9.69 Å². The van der Waals surface area contributed by atoms with Crippen molar-refractivity contribution in [2.24, 2.45) is 0 Å². The summed E-state index contributed by atoms with van der Waals surface area (Å²) in [6.45, 7) is 7.97. The van der Waals surface area contributed by atoms with E-state index in [0.29, 0.717) is 6.54 Å². The lowest BCUT2D eigenvalue weighted by molar-refractivity contribution is -0.126. The quantitative estimate of drug-likeness (QED) is 0.860. The Labute approximate surface area is 142 Å². The van der Waals surface area contributed by atoms with Gasteiger partial charge in [0.1, 0.15) is 0 Å². The first-order chi connectivity index (χ1) is 11.4. The van der Waals surface area contributed by atoms with Gasteiger partial charge in [-0.1, -0.05) is 12.1 Å². The first-order valence-corrected chi connectivity index (χ1v) is 8.36. The number of rotatable bonds is 5. The van der Waals surface area contributed by atoms with Crippen LogP contribution in [0.5, 0.6) is 0 Å². The first kappa shape index (κ1) is 18.4. The molecule has 1 unspecified atom stereocenters. The van der Waals surface area contributed by atoms with Gasteiger partial charge in [0.2, 0.25) is 5.91 Å². The van der Waals surface area contributed by atoms with Crippen LogP contribution in [0.15, 0.2) is 24.3 Å². The van der Waals surface area contributed by atoms with Gasteiger partial charge in [-0.15, -0.1) is 0 Å². The molecule has 0 spiro atoms. The van der Waals surface area contributed by atoms with E-state index in [0.717, 1.165) is 25.1 Å². The normalized spacial score (nSPS) is 23.3. The standard InChI is InChI=1S/C18H26N2O4/c1-12-8-9-20(11-13(2)24-12)14(3)17(21)19-10-15-4-6-16(7-5-15)18(22)23/h4-7,12-14H,8-11H2,1-3H3,(H,19,21)(H,22,23)/t12-,13+,14?/m1/s1. The summed E-state index contributed by atoms with van der Waals surface area (Å²) < 4.78 is 5.81. The number of carbonyl (C=O) groups is 2. The van der Waals surface area contributed by atoms with E-state index in [1.54, 1.807) is 24.3 Å². The molecule has 0 saturated carbocycles. The highest BCUT2D eigenvalue weighted by molar-refractivity contribution is 5.87. The topological polar surface area (TPSA) is 78.9 Å². The van der Waals surface area contributed by atoms with Crippen molar-refractivity contribution in [3.63, 3.8) is 0 Å². The molecule has 1 aliphatic heterocycles. The lowest BCUT2D eigenvalue weighted by Gasteiger charge is -2.27. The molecule has 1 saturated heterocycles. The third-order valence-corrected chi connectivity index (χ3v) is 4.37. The predicted octanol–water partition coefficient (Wildman–Crippen LogP) is 1.89. The molecule has 0 radical (unpaired) electrons. The fourth-order valence-corrected chi connectivity index (χ4v) is 2.90. The summed E-state index contributed by atoms with van der Waals surface area (Å²) in [7, 11) is 0. The van der Waals surface area contributed by atoms with Gasteiger partial charge in [-0.25, -0.2) is 4.79 Å². The van der Waals surface area contributed by atoms with Crippen LogP contribution in [0.2, 0.25) is 0 Å². The van der Waals surface area contributed by atoms with Crippen molar-refractivity contribution in [3.05, 3.63) is 35.4 Å². The van der Waals surface area contributed by atoms with E-state index in [-0.39, 0.29) is 29.7 Å². The van der Waals surface area contributed by atoms with Crippen LogP contribution < -0.4 is 5.32 Å². The van der Waals surface area contributed by atoms with Crippen molar-refractivity contribution in [1.29, 1.82) is 0 Å². The molecule has 2 rings (SSSR count). The highest BCUT2D eigenvalue weighted by atomic mass is 16.5. The van der Waals surface area contributed by atoms with Crippen LogP contribution in [0, 0.1) is 0 Å². The average molecular weight is 334 g/mol. The van der Waals surface area contributed by atoms with Gasteiger partial charge in [0.25, 0.3) is 0 Å². The maximum atomic E-state index is 12.4. The smallest absolute Gasteiger partial charge is 0.335 e. The molecule has 1 aliphatic rings. The molecule has 24 heavy (non-hydrogen) atoms. The molecule has 1 amide bonds. The molecule has 0 aliphatic carbocycles. The van der Waals surface area contributed by atoms with Crippen LogP contribution in [0.25, 0.3) is 0 Å². The molecule has 3 atom stereocenters. The van der Waals surface area contributed by atoms with Crippen LogP contribution in [0.4, 0.5) is 0 Å². The molecule has 132 valence electrons. The summed E-state index contributed by atoms with van der Waals surface area (Å²) >= 11 is 0. The van der Waals surface area contributed by atoms with Gasteiger partial charge in [-0.2, -0.15) is 0 Å². The third kappa shape index (κ3) is 5.04. The molecular weight excluding hydrogens is 308 g/mol. The van der Waals surface area contributed by atoms with E-state index in [1.165, 1.54) is 0 Å². The summed E-state index contributed by atoms with van der Waals surface area (Å²) in [4.78, 5) is 25.4. The monoisotopic (exact) mass is 334 g/mol. The van der Waals surface area contributed by atoms with Crippen molar-refractivity contribution in [3.8, 4) is 0 Å². The predicted molar refractivity (Wildman–Crippen MR) is 90.9 cm³/mol. The lowest BCUT2D eigenvalue weighted by Crippen LogP contribution is -2.47. The number of hydrogen-bond donors (Lipinski definition) is 2. The number of hydrogen-bond acceptors (Lipinski definition) is 4. The number of benzene rings is 1. The molecule has 2 N–H and O–H groups in total. The second kappa shape index (κ2) is 8.26. The van der Waals surface area contributed by atoms with Crippen LogP contribution in [-0.4, -0.2) is 53.2 Å². The highest BCUT2D eigenvalue weighted by Gasteiger charge is 2.26. The number of ether oxygens (including phenoxy) is 1. The van der Waals surface area contributed by atoms with Crippen LogP contribution in [-0.2, 0) is 16.1 Å². The largest absolute Gasteiger partial charge is 0.478 e. The van der Waals surface area contributed by atoms with Gasteiger partial charge in [0.15, 0.2) is 0 Å². The molecule has 0 aromatic heterocycles. The molecule has 0 bridgehead atoms. The fraction of sp³-hybridized carbons (Fsp3) is 0.556. The Bertz CT molecular complexity index is 573. The Hall–Kier alpha value is -1.92. The zero-order valence-corrected chi connectivity index (χ0v) is 14.5. The molecule has 1 heterocycles. The fourth-order valence-electron chi connectivity index (χ4n) is 2.90. The van der Waals surface area contributed by atoms with Gasteiger partial charge >= 0.3 is 5.97 Å². The summed E-state index contributed by atoms with van der Waals surface area (Å²) in [5.41, 5.74) is 1.12. The molecule has 6 nitrogen and oxygen atoms in total. The number of carbonyl (C=O) groups excluding carboxylic acids is 1. The SMILES string of the molecule is CC(C(=O)NCc1ccc(C(=O)O)cc1)N1CC[C@@H](C)O[C@@H](C)C1. The minimum atomic E-state index is -0.953. The summed E-state index contributed by atoms with van der Waals surface area (Å²) in [5, 5.41) is 11.8. The molecular formula is C18H26N2O4. The Kier molecular flexibility index (Phi) is 6.34. The van der Waals surface area contributed by atoms with Crippen LogP contribution in [0.1, 0.15) is 43.1 Å². The third-order valence-electron chi connectivity index (χ3n) is 4.37.